The van der Waals surface area contributed by atoms with Crippen molar-refractivity contribution in [2.45, 2.75) is 13.5 Å². The highest BCUT2D eigenvalue weighted by atomic mass is 32.1. The smallest absolute Gasteiger partial charge is 0.355 e. The first-order valence-electron chi connectivity index (χ1n) is 7.13. The van der Waals surface area contributed by atoms with Gasteiger partial charge in [0.2, 0.25) is 0 Å². The fourth-order valence-electron chi connectivity index (χ4n) is 2.19. The highest BCUT2D eigenvalue weighted by Gasteiger charge is 2.16. The number of rotatable bonds is 5. The van der Waals surface area contributed by atoms with Gasteiger partial charge in [0.25, 0.3) is 0 Å². The Balaban J connectivity index is 1.86. The second-order valence-electron chi connectivity index (χ2n) is 4.82. The standard InChI is InChI=1S/C16H15N3O3S/c1-2-22-15(20)14-11-23-16(21)18(14)9-12-8-17-19(10-12)13-6-4-3-5-7-13/h3-8,10-11H,2,9H2,1H3. The summed E-state index contributed by atoms with van der Waals surface area (Å²) in [7, 11) is 0. The van der Waals surface area contributed by atoms with E-state index in [0.717, 1.165) is 22.6 Å². The van der Waals surface area contributed by atoms with Crippen molar-refractivity contribution in [3.8, 4) is 5.69 Å². The Morgan fingerprint density at radius 3 is 2.83 bits per heavy atom. The number of esters is 1. The van der Waals surface area contributed by atoms with Gasteiger partial charge in [-0.25, -0.2) is 9.48 Å². The molecule has 3 rings (SSSR count). The fourth-order valence-corrected chi connectivity index (χ4v) is 2.92. The van der Waals surface area contributed by atoms with Gasteiger partial charge in [0.15, 0.2) is 0 Å². The number of hydrogen-bond donors (Lipinski definition) is 0. The zero-order valence-corrected chi connectivity index (χ0v) is 13.3. The van der Waals surface area contributed by atoms with E-state index in [1.54, 1.807) is 17.8 Å². The molecule has 6 nitrogen and oxygen atoms in total. The predicted molar refractivity (Wildman–Crippen MR) is 87.2 cm³/mol. The van der Waals surface area contributed by atoms with E-state index in [9.17, 15) is 9.59 Å². The number of nitrogens with zero attached hydrogens (tertiary/aromatic N) is 3. The van der Waals surface area contributed by atoms with E-state index in [2.05, 4.69) is 5.10 Å². The molecule has 0 aliphatic rings. The van der Waals surface area contributed by atoms with Gasteiger partial charge in [0.1, 0.15) is 5.69 Å². The molecule has 0 aliphatic carbocycles. The summed E-state index contributed by atoms with van der Waals surface area (Å²) in [6.07, 6.45) is 3.53. The molecule has 0 saturated carbocycles. The normalized spacial score (nSPS) is 10.7. The lowest BCUT2D eigenvalue weighted by Gasteiger charge is -2.05. The number of aromatic nitrogens is 3. The molecule has 0 bridgehead atoms. The van der Waals surface area contributed by atoms with Crippen LogP contribution >= 0.6 is 11.3 Å². The molecule has 0 unspecified atom stereocenters. The lowest BCUT2D eigenvalue weighted by Crippen LogP contribution is -2.20. The Hall–Kier alpha value is -2.67. The minimum atomic E-state index is -0.485. The Kier molecular flexibility index (Phi) is 4.38. The molecular formula is C16H15N3O3S. The molecule has 2 aromatic heterocycles. The zero-order chi connectivity index (χ0) is 16.2. The van der Waals surface area contributed by atoms with Gasteiger partial charge in [-0.3, -0.25) is 9.36 Å². The average molecular weight is 329 g/mol. The van der Waals surface area contributed by atoms with Crippen molar-refractivity contribution >= 4 is 17.3 Å². The first kappa shape index (κ1) is 15.2. The number of ether oxygens (including phenoxy) is 1. The monoisotopic (exact) mass is 329 g/mol. The van der Waals surface area contributed by atoms with Crippen molar-refractivity contribution in [3.05, 3.63) is 69.0 Å². The Morgan fingerprint density at radius 1 is 1.30 bits per heavy atom. The summed E-state index contributed by atoms with van der Waals surface area (Å²) >= 11 is 0.987. The molecule has 0 atom stereocenters. The van der Waals surface area contributed by atoms with Crippen molar-refractivity contribution in [1.29, 1.82) is 0 Å². The quantitative estimate of drug-likeness (QED) is 0.674. The number of hydrogen-bond acceptors (Lipinski definition) is 5. The minimum Gasteiger partial charge on any atom is -0.461 e. The van der Waals surface area contributed by atoms with Crippen LogP contribution in [0.5, 0.6) is 0 Å². The molecule has 0 fully saturated rings. The second-order valence-corrected chi connectivity index (χ2v) is 5.64. The van der Waals surface area contributed by atoms with Gasteiger partial charge in [-0.15, -0.1) is 0 Å². The molecule has 0 aliphatic heterocycles. The maximum absolute atomic E-state index is 12.0. The molecule has 0 N–H and O–H groups in total. The molecule has 2 heterocycles. The number of carbonyl (C=O) groups is 1. The van der Waals surface area contributed by atoms with E-state index in [4.69, 9.17) is 4.74 Å². The summed E-state index contributed by atoms with van der Waals surface area (Å²) < 4.78 is 8.13. The third kappa shape index (κ3) is 3.24. The van der Waals surface area contributed by atoms with Crippen LogP contribution in [0.15, 0.2) is 52.9 Å². The van der Waals surface area contributed by atoms with Crippen LogP contribution in [0.2, 0.25) is 0 Å². The Bertz CT molecular complexity index is 864. The van der Waals surface area contributed by atoms with Gasteiger partial charge in [0.05, 0.1) is 25.0 Å². The molecule has 0 spiro atoms. The molecule has 7 heteroatoms. The summed E-state index contributed by atoms with van der Waals surface area (Å²) in [6.45, 7) is 2.29. The molecule has 3 aromatic rings. The summed E-state index contributed by atoms with van der Waals surface area (Å²) in [6, 6.07) is 9.68. The van der Waals surface area contributed by atoms with Crippen LogP contribution in [-0.4, -0.2) is 26.9 Å². The van der Waals surface area contributed by atoms with E-state index >= 15 is 0 Å². The second kappa shape index (κ2) is 6.62. The van der Waals surface area contributed by atoms with E-state index in [0.29, 0.717) is 0 Å². The van der Waals surface area contributed by atoms with Crippen molar-refractivity contribution < 1.29 is 9.53 Å². The highest BCUT2D eigenvalue weighted by Crippen LogP contribution is 2.11. The first-order valence-corrected chi connectivity index (χ1v) is 8.01. The lowest BCUT2D eigenvalue weighted by atomic mass is 10.3. The largest absolute Gasteiger partial charge is 0.461 e. The van der Waals surface area contributed by atoms with Crippen LogP contribution in [0.1, 0.15) is 23.0 Å². The van der Waals surface area contributed by atoms with Gasteiger partial charge in [-0.2, -0.15) is 5.10 Å². The maximum atomic E-state index is 12.0. The van der Waals surface area contributed by atoms with Crippen LogP contribution in [0.3, 0.4) is 0 Å². The predicted octanol–water partition coefficient (Wildman–Crippen LogP) is 2.32. The van der Waals surface area contributed by atoms with Crippen molar-refractivity contribution in [2.75, 3.05) is 6.61 Å². The van der Waals surface area contributed by atoms with Gasteiger partial charge in [-0.1, -0.05) is 29.5 Å². The highest BCUT2D eigenvalue weighted by molar-refractivity contribution is 7.07. The van der Waals surface area contributed by atoms with Crippen molar-refractivity contribution in [3.63, 3.8) is 0 Å². The van der Waals surface area contributed by atoms with Gasteiger partial charge in [-0.05, 0) is 19.1 Å². The third-order valence-corrected chi connectivity index (χ3v) is 4.03. The SMILES string of the molecule is CCOC(=O)c1csc(=O)n1Cc1cnn(-c2ccccc2)c1. The Morgan fingerprint density at radius 2 is 2.09 bits per heavy atom. The van der Waals surface area contributed by atoms with Crippen molar-refractivity contribution in [2.24, 2.45) is 0 Å². The summed E-state index contributed by atoms with van der Waals surface area (Å²) in [5.74, 6) is -0.485. The zero-order valence-electron chi connectivity index (χ0n) is 12.5. The fraction of sp³-hybridized carbons (Fsp3) is 0.188. The van der Waals surface area contributed by atoms with E-state index in [-0.39, 0.29) is 23.7 Å². The van der Waals surface area contributed by atoms with E-state index < -0.39 is 5.97 Å². The lowest BCUT2D eigenvalue weighted by molar-refractivity contribution is 0.0514. The Labute approximate surface area is 136 Å². The maximum Gasteiger partial charge on any atom is 0.355 e. The molecule has 118 valence electrons. The van der Waals surface area contributed by atoms with Gasteiger partial charge >= 0.3 is 10.8 Å². The van der Waals surface area contributed by atoms with Crippen LogP contribution in [0, 0.1) is 0 Å². The number of thiazole rings is 1. The average Bonchev–Trinajstić information content (AvgIpc) is 3.17. The van der Waals surface area contributed by atoms with Gasteiger partial charge in [0, 0.05) is 17.1 Å². The first-order chi connectivity index (χ1) is 11.2. The van der Waals surface area contributed by atoms with Gasteiger partial charge < -0.3 is 4.74 Å². The summed E-state index contributed by atoms with van der Waals surface area (Å²) in [4.78, 5) is 23.7. The van der Waals surface area contributed by atoms with Crippen LogP contribution in [0.25, 0.3) is 5.69 Å². The van der Waals surface area contributed by atoms with E-state index in [1.165, 1.54) is 9.95 Å². The molecule has 0 amide bonds. The third-order valence-electron chi connectivity index (χ3n) is 3.26. The summed E-state index contributed by atoms with van der Waals surface area (Å²) in [5, 5.41) is 5.83. The van der Waals surface area contributed by atoms with Crippen LogP contribution in [0.4, 0.5) is 0 Å². The molecule has 0 radical (unpaired) electrons. The van der Waals surface area contributed by atoms with Crippen LogP contribution in [-0.2, 0) is 11.3 Å². The summed E-state index contributed by atoms with van der Waals surface area (Å²) in [5.41, 5.74) is 2.04. The molecule has 23 heavy (non-hydrogen) atoms. The van der Waals surface area contributed by atoms with E-state index in [1.807, 2.05) is 36.5 Å². The molecule has 1 aromatic carbocycles. The number of para-hydroxylation sites is 1. The minimum absolute atomic E-state index is 0.194. The molecule has 0 saturated heterocycles. The number of carbonyl (C=O) groups excluding carboxylic acids is 1. The number of benzene rings is 1. The van der Waals surface area contributed by atoms with Crippen molar-refractivity contribution in [1.82, 2.24) is 14.3 Å². The van der Waals surface area contributed by atoms with Crippen LogP contribution < -0.4 is 4.87 Å². The topological polar surface area (TPSA) is 66.1 Å². The molecular weight excluding hydrogens is 314 g/mol.